The molecule has 3 heterocycles. The zero-order valence-electron chi connectivity index (χ0n) is 15.1. The van der Waals surface area contributed by atoms with Gasteiger partial charge in [-0.1, -0.05) is 20.8 Å². The van der Waals surface area contributed by atoms with Crippen LogP contribution >= 0.6 is 0 Å². The Labute approximate surface area is 144 Å². The second-order valence-electron chi connectivity index (χ2n) is 7.72. The molecule has 6 heteroatoms. The van der Waals surface area contributed by atoms with Crippen LogP contribution in [0.5, 0.6) is 0 Å². The highest BCUT2D eigenvalue weighted by molar-refractivity contribution is 5.38. The zero-order valence-corrected chi connectivity index (χ0v) is 15.1. The number of nitrogens with one attached hydrogen (secondary N) is 2. The number of aromatic nitrogens is 4. The molecule has 0 saturated carbocycles. The average molecular weight is 328 g/mol. The largest absolute Gasteiger partial charge is 0.354 e. The van der Waals surface area contributed by atoms with E-state index in [0.717, 1.165) is 31.1 Å². The van der Waals surface area contributed by atoms with Gasteiger partial charge in [0.25, 0.3) is 0 Å². The summed E-state index contributed by atoms with van der Waals surface area (Å²) in [6.07, 6.45) is 4.31. The summed E-state index contributed by atoms with van der Waals surface area (Å²) in [5, 5.41) is 19.6. The van der Waals surface area contributed by atoms with E-state index in [2.05, 4.69) is 57.4 Å². The number of hydrogen-bond acceptors (Lipinski definition) is 5. The second-order valence-corrected chi connectivity index (χ2v) is 7.72. The van der Waals surface area contributed by atoms with Crippen LogP contribution in [-0.4, -0.2) is 39.5 Å². The van der Waals surface area contributed by atoms with Gasteiger partial charge in [0.1, 0.15) is 0 Å². The minimum absolute atomic E-state index is 0.0869. The van der Waals surface area contributed by atoms with Gasteiger partial charge >= 0.3 is 0 Å². The first-order valence-corrected chi connectivity index (χ1v) is 8.75. The summed E-state index contributed by atoms with van der Waals surface area (Å²) >= 11 is 0. The molecule has 1 atom stereocenters. The molecule has 1 aliphatic heterocycles. The Kier molecular flexibility index (Phi) is 4.85. The summed E-state index contributed by atoms with van der Waals surface area (Å²) in [6.45, 7) is 11.5. The standard InChI is InChI=1S/C18H28N6/c1-13-7-8-16(22-21-13)24-9-5-6-15(12-24)19-10-14-11-20-23-17(14)18(2,3)4/h7-8,11,15,19H,5-6,9-10,12H2,1-4H3,(H,20,23). The van der Waals surface area contributed by atoms with Crippen LogP contribution in [-0.2, 0) is 12.0 Å². The van der Waals surface area contributed by atoms with Crippen molar-refractivity contribution in [2.45, 2.75) is 58.5 Å². The van der Waals surface area contributed by atoms with Crippen LogP contribution in [0.2, 0.25) is 0 Å². The predicted octanol–water partition coefficient (Wildman–Crippen LogP) is 2.56. The molecule has 0 amide bonds. The molecule has 0 spiro atoms. The fourth-order valence-corrected chi connectivity index (χ4v) is 3.26. The summed E-state index contributed by atoms with van der Waals surface area (Å²) in [5.74, 6) is 0.978. The number of piperidine rings is 1. The smallest absolute Gasteiger partial charge is 0.151 e. The predicted molar refractivity (Wildman–Crippen MR) is 96.1 cm³/mol. The van der Waals surface area contributed by atoms with Crippen LogP contribution < -0.4 is 10.2 Å². The fraction of sp³-hybridized carbons (Fsp3) is 0.611. The minimum atomic E-state index is 0.0869. The highest BCUT2D eigenvalue weighted by atomic mass is 15.3. The summed E-state index contributed by atoms with van der Waals surface area (Å²) in [7, 11) is 0. The van der Waals surface area contributed by atoms with Crippen molar-refractivity contribution < 1.29 is 0 Å². The number of rotatable bonds is 4. The van der Waals surface area contributed by atoms with Crippen molar-refractivity contribution in [1.29, 1.82) is 0 Å². The number of H-pyrrole nitrogens is 1. The first-order valence-electron chi connectivity index (χ1n) is 8.75. The van der Waals surface area contributed by atoms with Gasteiger partial charge in [-0.15, -0.1) is 5.10 Å². The number of aromatic amines is 1. The average Bonchev–Trinajstić information content (AvgIpc) is 3.03. The van der Waals surface area contributed by atoms with Gasteiger partial charge < -0.3 is 10.2 Å². The molecule has 1 unspecified atom stereocenters. The van der Waals surface area contributed by atoms with Crippen LogP contribution in [0.1, 0.15) is 50.6 Å². The highest BCUT2D eigenvalue weighted by Gasteiger charge is 2.23. The number of anilines is 1. The van der Waals surface area contributed by atoms with Gasteiger partial charge in [0.15, 0.2) is 5.82 Å². The summed E-state index contributed by atoms with van der Waals surface area (Å²) in [4.78, 5) is 2.33. The molecule has 2 aromatic rings. The lowest BCUT2D eigenvalue weighted by Crippen LogP contribution is -2.46. The van der Waals surface area contributed by atoms with E-state index in [4.69, 9.17) is 0 Å². The maximum Gasteiger partial charge on any atom is 0.151 e. The van der Waals surface area contributed by atoms with Crippen LogP contribution in [0.25, 0.3) is 0 Å². The lowest BCUT2D eigenvalue weighted by molar-refractivity contribution is 0.417. The van der Waals surface area contributed by atoms with Crippen molar-refractivity contribution in [2.24, 2.45) is 0 Å². The molecule has 2 aromatic heterocycles. The van der Waals surface area contributed by atoms with E-state index in [1.807, 2.05) is 19.2 Å². The summed E-state index contributed by atoms with van der Waals surface area (Å²) in [6, 6.07) is 4.56. The Hall–Kier alpha value is -1.95. The van der Waals surface area contributed by atoms with Crippen molar-refractivity contribution in [3.8, 4) is 0 Å². The quantitative estimate of drug-likeness (QED) is 0.903. The van der Waals surface area contributed by atoms with Crippen LogP contribution in [0.3, 0.4) is 0 Å². The molecule has 0 aromatic carbocycles. The third-order valence-corrected chi connectivity index (χ3v) is 4.58. The van der Waals surface area contributed by atoms with Crippen molar-refractivity contribution in [3.63, 3.8) is 0 Å². The molecule has 0 bridgehead atoms. The van der Waals surface area contributed by atoms with Gasteiger partial charge in [0.2, 0.25) is 0 Å². The van der Waals surface area contributed by atoms with E-state index >= 15 is 0 Å². The second kappa shape index (κ2) is 6.89. The summed E-state index contributed by atoms with van der Waals surface area (Å²) in [5.41, 5.74) is 3.52. The Morgan fingerprint density at radius 3 is 2.83 bits per heavy atom. The molecule has 2 N–H and O–H groups in total. The molecule has 0 radical (unpaired) electrons. The summed E-state index contributed by atoms with van der Waals surface area (Å²) < 4.78 is 0. The van der Waals surface area contributed by atoms with E-state index < -0.39 is 0 Å². The fourth-order valence-electron chi connectivity index (χ4n) is 3.26. The highest BCUT2D eigenvalue weighted by Crippen LogP contribution is 2.24. The Morgan fingerprint density at radius 2 is 2.12 bits per heavy atom. The third kappa shape index (κ3) is 3.93. The number of aryl methyl sites for hydroxylation is 1. The Bertz CT molecular complexity index is 655. The molecule has 1 fully saturated rings. The Balaban J connectivity index is 1.60. The molecule has 1 aliphatic rings. The SMILES string of the molecule is Cc1ccc(N2CCCC(NCc3cn[nH]c3C(C)(C)C)C2)nn1. The number of nitrogens with zero attached hydrogens (tertiary/aromatic N) is 4. The molecule has 130 valence electrons. The monoisotopic (exact) mass is 328 g/mol. The van der Waals surface area contributed by atoms with Crippen molar-refractivity contribution in [3.05, 3.63) is 35.3 Å². The van der Waals surface area contributed by atoms with Crippen molar-refractivity contribution in [1.82, 2.24) is 25.7 Å². The van der Waals surface area contributed by atoms with Gasteiger partial charge in [0.05, 0.1) is 11.9 Å². The van der Waals surface area contributed by atoms with Gasteiger partial charge in [-0.05, 0) is 31.9 Å². The first kappa shape index (κ1) is 16.9. The Morgan fingerprint density at radius 1 is 1.29 bits per heavy atom. The molecular weight excluding hydrogens is 300 g/mol. The molecule has 1 saturated heterocycles. The lowest BCUT2D eigenvalue weighted by atomic mass is 9.89. The third-order valence-electron chi connectivity index (χ3n) is 4.58. The molecule has 24 heavy (non-hydrogen) atoms. The van der Waals surface area contributed by atoms with Gasteiger partial charge in [-0.25, -0.2) is 0 Å². The topological polar surface area (TPSA) is 69.7 Å². The van der Waals surface area contributed by atoms with Crippen molar-refractivity contribution in [2.75, 3.05) is 18.0 Å². The van der Waals surface area contributed by atoms with Crippen molar-refractivity contribution >= 4 is 5.82 Å². The van der Waals surface area contributed by atoms with E-state index in [0.29, 0.717) is 6.04 Å². The van der Waals surface area contributed by atoms with Crippen LogP contribution in [0.4, 0.5) is 5.82 Å². The van der Waals surface area contributed by atoms with Gasteiger partial charge in [-0.2, -0.15) is 10.2 Å². The van der Waals surface area contributed by atoms with E-state index in [1.54, 1.807) is 0 Å². The maximum atomic E-state index is 4.33. The number of hydrogen-bond donors (Lipinski definition) is 2. The zero-order chi connectivity index (χ0) is 17.2. The maximum absolute atomic E-state index is 4.33. The molecule has 3 rings (SSSR count). The molecule has 0 aliphatic carbocycles. The van der Waals surface area contributed by atoms with Crippen LogP contribution in [0.15, 0.2) is 18.3 Å². The molecule has 6 nitrogen and oxygen atoms in total. The lowest BCUT2D eigenvalue weighted by Gasteiger charge is -2.34. The first-order chi connectivity index (χ1) is 11.4. The minimum Gasteiger partial charge on any atom is -0.354 e. The van der Waals surface area contributed by atoms with E-state index in [1.165, 1.54) is 24.1 Å². The van der Waals surface area contributed by atoms with Gasteiger partial charge in [-0.3, -0.25) is 5.10 Å². The molecular formula is C18H28N6. The van der Waals surface area contributed by atoms with E-state index in [9.17, 15) is 0 Å². The van der Waals surface area contributed by atoms with Gasteiger partial charge in [0, 0.05) is 42.3 Å². The van der Waals surface area contributed by atoms with E-state index in [-0.39, 0.29) is 5.41 Å². The normalized spacial score (nSPS) is 18.8. The van der Waals surface area contributed by atoms with Crippen LogP contribution in [0, 0.1) is 6.92 Å².